The zero-order chi connectivity index (χ0) is 38.3. The average Bonchev–Trinajstić information content (AvgIpc) is 3.81. The van der Waals surface area contributed by atoms with Gasteiger partial charge in [-0.05, 0) is 92.2 Å². The highest BCUT2D eigenvalue weighted by Gasteiger charge is 2.29. The molecule has 58 heavy (non-hydrogen) atoms. The molecule has 0 amide bonds. The summed E-state index contributed by atoms with van der Waals surface area (Å²) in [7, 11) is 0. The highest BCUT2D eigenvalue weighted by Crippen LogP contribution is 2.46. The Kier molecular flexibility index (Phi) is 7.30. The van der Waals surface area contributed by atoms with Crippen molar-refractivity contribution in [2.24, 2.45) is 15.9 Å². The van der Waals surface area contributed by atoms with Gasteiger partial charge < -0.3 is 8.83 Å². The maximum atomic E-state index is 6.92. The van der Waals surface area contributed by atoms with Gasteiger partial charge >= 0.3 is 0 Å². The van der Waals surface area contributed by atoms with Gasteiger partial charge in [-0.15, -0.1) is 0 Å². The van der Waals surface area contributed by atoms with E-state index in [9.17, 15) is 0 Å². The minimum absolute atomic E-state index is 0.126. The van der Waals surface area contributed by atoms with Gasteiger partial charge in [0.1, 0.15) is 22.3 Å². The second-order valence-electron chi connectivity index (χ2n) is 15.7. The smallest absolute Gasteiger partial charge is 0.156 e. The molecule has 0 saturated carbocycles. The number of aliphatic imine (C=N–C) groups is 2. The molecule has 4 nitrogen and oxygen atoms in total. The first-order valence-corrected chi connectivity index (χ1v) is 20.1. The lowest BCUT2D eigenvalue weighted by molar-refractivity contribution is 0.493. The Balaban J connectivity index is 1.11. The third-order valence-corrected chi connectivity index (χ3v) is 12.2. The van der Waals surface area contributed by atoms with Crippen LogP contribution in [0.25, 0.3) is 87.3 Å². The van der Waals surface area contributed by atoms with E-state index in [1.54, 1.807) is 0 Å². The Morgan fingerprint density at radius 3 is 1.84 bits per heavy atom. The van der Waals surface area contributed by atoms with E-state index in [4.69, 9.17) is 18.8 Å². The molecule has 11 aromatic rings. The van der Waals surface area contributed by atoms with Crippen molar-refractivity contribution in [3.8, 4) is 11.1 Å². The summed E-state index contributed by atoms with van der Waals surface area (Å²) in [6.07, 6.45) is 0.784. The zero-order valence-corrected chi connectivity index (χ0v) is 31.8. The SMILES string of the molecule is CC1CC(c2ccccc2)=NC(c2ccc(-c3cc4ccccc4c4c3oc3ccccc34)c3oc4ccccc4c23)=NC1c1ccc2c(ccc3ccccc32)c1. The number of nitrogens with zero attached hydrogens (tertiary/aromatic N) is 2. The Labute approximate surface area is 334 Å². The lowest BCUT2D eigenvalue weighted by Gasteiger charge is -2.20. The van der Waals surface area contributed by atoms with Gasteiger partial charge in [-0.25, -0.2) is 4.99 Å². The van der Waals surface area contributed by atoms with Crippen molar-refractivity contribution in [1.82, 2.24) is 0 Å². The zero-order valence-electron chi connectivity index (χ0n) is 31.8. The third kappa shape index (κ3) is 5.08. The van der Waals surface area contributed by atoms with Gasteiger partial charge in [0.05, 0.1) is 11.8 Å². The maximum Gasteiger partial charge on any atom is 0.156 e. The number of hydrogen-bond acceptors (Lipinski definition) is 4. The average molecular weight is 745 g/mol. The maximum absolute atomic E-state index is 6.92. The van der Waals surface area contributed by atoms with E-state index in [0.717, 1.165) is 83.6 Å². The molecule has 2 aromatic heterocycles. The van der Waals surface area contributed by atoms with E-state index < -0.39 is 0 Å². The molecule has 1 aliphatic heterocycles. The van der Waals surface area contributed by atoms with Gasteiger partial charge in [0, 0.05) is 38.2 Å². The van der Waals surface area contributed by atoms with Crippen molar-refractivity contribution in [3.05, 3.63) is 193 Å². The highest BCUT2D eigenvalue weighted by molar-refractivity contribution is 6.27. The molecule has 0 N–H and O–H groups in total. The van der Waals surface area contributed by atoms with Crippen LogP contribution in [0.2, 0.25) is 0 Å². The molecule has 9 aromatic carbocycles. The molecule has 1 aliphatic rings. The summed E-state index contributed by atoms with van der Waals surface area (Å²) in [4.78, 5) is 11.2. The molecular weight excluding hydrogens is 709 g/mol. The van der Waals surface area contributed by atoms with Crippen LogP contribution >= 0.6 is 0 Å². The van der Waals surface area contributed by atoms with Crippen molar-refractivity contribution in [3.63, 3.8) is 0 Å². The predicted octanol–water partition coefficient (Wildman–Crippen LogP) is 14.6. The minimum atomic E-state index is -0.126. The van der Waals surface area contributed by atoms with Crippen LogP contribution in [-0.4, -0.2) is 11.5 Å². The lowest BCUT2D eigenvalue weighted by Crippen LogP contribution is -2.12. The fraction of sp³-hybridized carbons (Fsp3) is 0.0741. The summed E-state index contributed by atoms with van der Waals surface area (Å²) in [5.74, 6) is 0.895. The van der Waals surface area contributed by atoms with Gasteiger partial charge in [-0.3, -0.25) is 4.99 Å². The number of benzene rings is 9. The van der Waals surface area contributed by atoms with Crippen molar-refractivity contribution in [1.29, 1.82) is 0 Å². The summed E-state index contributed by atoms with van der Waals surface area (Å²) in [5.41, 5.74) is 9.57. The summed E-state index contributed by atoms with van der Waals surface area (Å²) >= 11 is 0. The van der Waals surface area contributed by atoms with Crippen LogP contribution in [0.1, 0.15) is 36.1 Å². The largest absolute Gasteiger partial charge is 0.455 e. The standard InChI is InChI=1S/C54H36N2O2/c1-32-29-46(34-14-3-2-4-15-34)55-54(56-51(32)37-25-26-39-36(30-37)24-23-33-13-5-7-17-38(33)39)44-28-27-41(52-50(44)43-20-10-12-22-48(43)57-52)45-31-35-16-6-8-18-40(35)49-42-19-9-11-21-47(42)58-53(45)49/h2-28,30-32,51H,29H2,1H3. The normalized spacial score (nSPS) is 16.2. The third-order valence-electron chi connectivity index (χ3n) is 12.2. The van der Waals surface area contributed by atoms with E-state index >= 15 is 0 Å². The second-order valence-corrected chi connectivity index (χ2v) is 15.7. The van der Waals surface area contributed by atoms with E-state index in [0.29, 0.717) is 5.84 Å². The summed E-state index contributed by atoms with van der Waals surface area (Å²) in [6, 6.07) is 62.2. The van der Waals surface area contributed by atoms with Crippen molar-refractivity contribution in [2.75, 3.05) is 0 Å². The molecule has 0 aliphatic carbocycles. The van der Waals surface area contributed by atoms with Crippen molar-refractivity contribution >= 4 is 87.7 Å². The summed E-state index contributed by atoms with van der Waals surface area (Å²) < 4.78 is 13.7. The number of amidine groups is 1. The summed E-state index contributed by atoms with van der Waals surface area (Å²) in [6.45, 7) is 2.31. The van der Waals surface area contributed by atoms with Gasteiger partial charge in [0.15, 0.2) is 5.84 Å². The molecule has 0 fully saturated rings. The Hall–Kier alpha value is -7.30. The predicted molar refractivity (Wildman–Crippen MR) is 241 cm³/mol. The molecule has 2 atom stereocenters. The van der Waals surface area contributed by atoms with Gasteiger partial charge in [-0.2, -0.15) is 0 Å². The number of fused-ring (bicyclic) bond motifs is 11. The molecule has 0 saturated heterocycles. The number of rotatable bonds is 4. The first-order valence-electron chi connectivity index (χ1n) is 20.1. The molecule has 3 heterocycles. The quantitative estimate of drug-likeness (QED) is 0.169. The van der Waals surface area contributed by atoms with E-state index in [1.165, 1.54) is 32.5 Å². The van der Waals surface area contributed by atoms with Crippen molar-refractivity contribution in [2.45, 2.75) is 19.4 Å². The fourth-order valence-electron chi connectivity index (χ4n) is 9.44. The Morgan fingerprint density at radius 2 is 1.05 bits per heavy atom. The first kappa shape index (κ1) is 32.9. The molecule has 12 rings (SSSR count). The van der Waals surface area contributed by atoms with Crippen LogP contribution in [0.15, 0.2) is 195 Å². The van der Waals surface area contributed by atoms with Crippen LogP contribution in [0.4, 0.5) is 0 Å². The minimum Gasteiger partial charge on any atom is -0.455 e. The molecular formula is C54H36N2O2. The summed E-state index contributed by atoms with van der Waals surface area (Å²) in [5, 5.41) is 11.5. The Bertz CT molecular complexity index is 3510. The molecule has 0 radical (unpaired) electrons. The lowest BCUT2D eigenvalue weighted by atomic mass is 9.88. The van der Waals surface area contributed by atoms with Crippen LogP contribution < -0.4 is 0 Å². The van der Waals surface area contributed by atoms with Crippen molar-refractivity contribution < 1.29 is 8.83 Å². The fourth-order valence-corrected chi connectivity index (χ4v) is 9.44. The Morgan fingerprint density at radius 1 is 0.466 bits per heavy atom. The molecule has 4 heteroatoms. The van der Waals surface area contributed by atoms with Crippen LogP contribution in [0.3, 0.4) is 0 Å². The highest BCUT2D eigenvalue weighted by atomic mass is 16.3. The first-order chi connectivity index (χ1) is 28.7. The van der Waals surface area contributed by atoms with E-state index in [1.807, 2.05) is 12.1 Å². The molecule has 2 unspecified atom stereocenters. The topological polar surface area (TPSA) is 51.0 Å². The van der Waals surface area contributed by atoms with Crippen LogP contribution in [-0.2, 0) is 0 Å². The second kappa shape index (κ2) is 12.9. The molecule has 274 valence electrons. The van der Waals surface area contributed by atoms with Crippen LogP contribution in [0, 0.1) is 5.92 Å². The van der Waals surface area contributed by atoms with Crippen LogP contribution in [0.5, 0.6) is 0 Å². The molecule has 0 bridgehead atoms. The van der Waals surface area contributed by atoms with E-state index in [2.05, 4.69) is 171 Å². The van der Waals surface area contributed by atoms with Gasteiger partial charge in [-0.1, -0.05) is 146 Å². The molecule has 0 spiro atoms. The van der Waals surface area contributed by atoms with Gasteiger partial charge in [0.25, 0.3) is 0 Å². The monoisotopic (exact) mass is 744 g/mol. The number of furan rings is 2. The van der Waals surface area contributed by atoms with E-state index in [-0.39, 0.29) is 12.0 Å². The number of para-hydroxylation sites is 2. The number of hydrogen-bond donors (Lipinski definition) is 0. The van der Waals surface area contributed by atoms with Gasteiger partial charge in [0.2, 0.25) is 0 Å².